The first-order valence-corrected chi connectivity index (χ1v) is 13.8. The fourth-order valence-electron chi connectivity index (χ4n) is 6.49. The lowest BCUT2D eigenvalue weighted by molar-refractivity contribution is -0.149. The molecule has 2 aromatic rings. The van der Waals surface area contributed by atoms with Gasteiger partial charge in [-0.2, -0.15) is 0 Å². The average molecular weight is 556 g/mol. The van der Waals surface area contributed by atoms with E-state index < -0.39 is 47.7 Å². The van der Waals surface area contributed by atoms with Gasteiger partial charge < -0.3 is 15.4 Å². The molecule has 4 atom stereocenters. The first-order valence-electron chi connectivity index (χ1n) is 13.8. The van der Waals surface area contributed by atoms with Gasteiger partial charge in [0.1, 0.15) is 5.92 Å². The molecule has 0 spiro atoms. The number of benzene rings is 1. The van der Waals surface area contributed by atoms with Crippen molar-refractivity contribution in [3.05, 3.63) is 65.5 Å². The number of rotatable bonds is 5. The quantitative estimate of drug-likeness (QED) is 0.539. The molecule has 2 N–H and O–H groups in total. The number of ether oxygens (including phenoxy) is 1. The highest BCUT2D eigenvalue weighted by molar-refractivity contribution is 5.96. The van der Waals surface area contributed by atoms with Gasteiger partial charge in [0.25, 0.3) is 0 Å². The molecule has 40 heavy (non-hydrogen) atoms. The van der Waals surface area contributed by atoms with E-state index in [-0.39, 0.29) is 11.6 Å². The predicted molar refractivity (Wildman–Crippen MR) is 142 cm³/mol. The summed E-state index contributed by atoms with van der Waals surface area (Å²) in [4.78, 5) is 47.2. The second-order valence-electron chi connectivity index (χ2n) is 11.0. The van der Waals surface area contributed by atoms with Crippen molar-refractivity contribution in [3.8, 4) is 0 Å². The normalized spacial score (nSPS) is 29.1. The van der Waals surface area contributed by atoms with Gasteiger partial charge in [0.05, 0.1) is 13.2 Å². The number of aromatic nitrogens is 1. The van der Waals surface area contributed by atoms with Gasteiger partial charge in [0.2, 0.25) is 0 Å². The molecule has 2 unspecified atom stereocenters. The maximum Gasteiger partial charge on any atom is 0.326 e. The number of carbonyl (C=O) groups excluding carboxylic acids is 3. The Morgan fingerprint density at radius 2 is 1.85 bits per heavy atom. The van der Waals surface area contributed by atoms with E-state index in [9.17, 15) is 23.2 Å². The van der Waals surface area contributed by atoms with Crippen LogP contribution in [0.1, 0.15) is 62.2 Å². The first kappa shape index (κ1) is 27.9. The summed E-state index contributed by atoms with van der Waals surface area (Å²) in [5.74, 6) is -3.43. The van der Waals surface area contributed by atoms with Crippen LogP contribution in [-0.2, 0) is 9.53 Å². The van der Waals surface area contributed by atoms with Crippen molar-refractivity contribution in [1.29, 1.82) is 0 Å². The molecule has 1 aromatic heterocycles. The van der Waals surface area contributed by atoms with E-state index in [1.54, 1.807) is 6.92 Å². The largest absolute Gasteiger partial charge is 0.469 e. The van der Waals surface area contributed by atoms with Gasteiger partial charge in [0.15, 0.2) is 11.6 Å². The number of carbonyl (C=O) groups is 3. The molecule has 1 aliphatic carbocycles. The molecule has 1 aromatic carbocycles. The summed E-state index contributed by atoms with van der Waals surface area (Å²) >= 11 is 0. The molecule has 2 saturated heterocycles. The summed E-state index contributed by atoms with van der Waals surface area (Å²) in [5.41, 5.74) is 1.27. The molecule has 5 rings (SSSR count). The predicted octanol–water partition coefficient (Wildman–Crippen LogP) is 4.11. The first-order chi connectivity index (χ1) is 19.3. The summed E-state index contributed by atoms with van der Waals surface area (Å²) in [6, 6.07) is 6.08. The molecule has 0 bridgehead atoms. The number of esters is 1. The maximum atomic E-state index is 14.2. The molecule has 9 nitrogen and oxygen atoms in total. The summed E-state index contributed by atoms with van der Waals surface area (Å²) < 4.78 is 32.9. The van der Waals surface area contributed by atoms with E-state index in [0.717, 1.165) is 55.0 Å². The van der Waals surface area contributed by atoms with Crippen molar-refractivity contribution < 1.29 is 27.9 Å². The molecular weight excluding hydrogens is 520 g/mol. The lowest BCUT2D eigenvalue weighted by Crippen LogP contribution is -2.63. The van der Waals surface area contributed by atoms with Crippen molar-refractivity contribution in [1.82, 2.24) is 25.4 Å². The zero-order valence-corrected chi connectivity index (χ0v) is 22.7. The second-order valence-corrected chi connectivity index (χ2v) is 11.0. The number of halogens is 2. The topological polar surface area (TPSA) is 104 Å². The number of urea groups is 2. The number of imide groups is 1. The van der Waals surface area contributed by atoms with Crippen LogP contribution in [0.4, 0.5) is 18.4 Å². The Balaban J connectivity index is 1.27. The van der Waals surface area contributed by atoms with Gasteiger partial charge in [0, 0.05) is 49.0 Å². The maximum absolute atomic E-state index is 14.2. The number of amides is 4. The highest BCUT2D eigenvalue weighted by Gasteiger charge is 2.49. The Bertz CT molecular complexity index is 1240. The standard InChI is InChI=1S/C29H35F2N5O4/c1-17-25(27(37)40-2)26(19-8-11-22(30)23(31)15-19)36(28(38)33-17)29(39)34-20-12-14-35(16-20)21-9-6-18(7-10-21)24-5-3-4-13-32-24/h3-5,8,11,13,15,17-18,20-21,25-26H,6-7,9-10,12,14,16H2,1-2H3,(H,33,38)(H,34,39)/t17?,18?,20-,21?,25?,26+/m1/s1. The summed E-state index contributed by atoms with van der Waals surface area (Å²) in [7, 11) is 1.20. The Morgan fingerprint density at radius 3 is 2.52 bits per heavy atom. The molecule has 11 heteroatoms. The number of pyridine rings is 1. The number of nitrogens with zero attached hydrogens (tertiary/aromatic N) is 3. The highest BCUT2D eigenvalue weighted by atomic mass is 19.2. The molecule has 2 aliphatic heterocycles. The number of nitrogens with one attached hydrogen (secondary N) is 2. The van der Waals surface area contributed by atoms with Gasteiger partial charge in [-0.25, -0.2) is 23.3 Å². The Kier molecular flexibility index (Phi) is 8.30. The number of likely N-dealkylation sites (tertiary alicyclic amines) is 1. The van der Waals surface area contributed by atoms with Crippen molar-refractivity contribution >= 4 is 18.0 Å². The summed E-state index contributed by atoms with van der Waals surface area (Å²) in [5, 5.41) is 5.60. The Hall–Kier alpha value is -3.60. The van der Waals surface area contributed by atoms with E-state index in [1.165, 1.54) is 13.2 Å². The number of methoxy groups -OCH3 is 1. The lowest BCUT2D eigenvalue weighted by atomic mass is 9.83. The molecule has 0 radical (unpaired) electrons. The smallest absolute Gasteiger partial charge is 0.326 e. The van der Waals surface area contributed by atoms with Gasteiger partial charge in [-0.1, -0.05) is 12.1 Å². The monoisotopic (exact) mass is 555 g/mol. The van der Waals surface area contributed by atoms with Crippen LogP contribution in [0.15, 0.2) is 42.6 Å². The van der Waals surface area contributed by atoms with Crippen LogP contribution >= 0.6 is 0 Å². The summed E-state index contributed by atoms with van der Waals surface area (Å²) in [6.45, 7) is 3.08. The van der Waals surface area contributed by atoms with E-state index in [2.05, 4.69) is 26.6 Å². The van der Waals surface area contributed by atoms with Crippen LogP contribution in [0.3, 0.4) is 0 Å². The minimum Gasteiger partial charge on any atom is -0.469 e. The van der Waals surface area contributed by atoms with Gasteiger partial charge in [-0.05, 0) is 68.9 Å². The highest BCUT2D eigenvalue weighted by Crippen LogP contribution is 2.37. The number of hydrogen-bond acceptors (Lipinski definition) is 6. The minimum atomic E-state index is -1.18. The molecule has 1 saturated carbocycles. The molecule has 214 valence electrons. The SMILES string of the molecule is COC(=O)C1C(C)NC(=O)N(C(=O)N[C@@H]2CCN(C3CCC(c4ccccn4)CC3)C2)[C@H]1c1ccc(F)c(F)c1. The Labute approximate surface area is 232 Å². The Morgan fingerprint density at radius 1 is 1.07 bits per heavy atom. The molecule has 3 fully saturated rings. The van der Waals surface area contributed by atoms with Crippen molar-refractivity contribution in [2.75, 3.05) is 20.2 Å². The van der Waals surface area contributed by atoms with Crippen LogP contribution in [0.5, 0.6) is 0 Å². The van der Waals surface area contributed by atoms with Crippen LogP contribution in [-0.4, -0.2) is 71.1 Å². The van der Waals surface area contributed by atoms with Gasteiger partial charge >= 0.3 is 18.0 Å². The van der Waals surface area contributed by atoms with E-state index >= 15 is 0 Å². The minimum absolute atomic E-state index is 0.129. The molecular formula is C29H35F2N5O4. The fourth-order valence-corrected chi connectivity index (χ4v) is 6.49. The third-order valence-electron chi connectivity index (χ3n) is 8.57. The third-order valence-corrected chi connectivity index (χ3v) is 8.57. The van der Waals surface area contributed by atoms with Gasteiger partial charge in [-0.3, -0.25) is 14.7 Å². The van der Waals surface area contributed by atoms with Crippen LogP contribution in [0.2, 0.25) is 0 Å². The van der Waals surface area contributed by atoms with Crippen LogP contribution in [0.25, 0.3) is 0 Å². The molecule has 3 heterocycles. The zero-order valence-electron chi connectivity index (χ0n) is 22.7. The van der Waals surface area contributed by atoms with Crippen molar-refractivity contribution in [2.24, 2.45) is 5.92 Å². The molecule has 4 amide bonds. The van der Waals surface area contributed by atoms with Crippen LogP contribution < -0.4 is 10.6 Å². The van der Waals surface area contributed by atoms with E-state index in [4.69, 9.17) is 4.74 Å². The van der Waals surface area contributed by atoms with Crippen molar-refractivity contribution in [2.45, 2.75) is 69.1 Å². The van der Waals surface area contributed by atoms with Crippen molar-refractivity contribution in [3.63, 3.8) is 0 Å². The molecule has 3 aliphatic rings. The fraction of sp³-hybridized carbons (Fsp3) is 0.517. The lowest BCUT2D eigenvalue weighted by Gasteiger charge is -2.42. The zero-order chi connectivity index (χ0) is 28.4. The average Bonchev–Trinajstić information content (AvgIpc) is 3.42. The van der Waals surface area contributed by atoms with E-state index in [0.29, 0.717) is 24.9 Å². The van der Waals surface area contributed by atoms with Gasteiger partial charge in [-0.15, -0.1) is 0 Å². The summed E-state index contributed by atoms with van der Waals surface area (Å²) in [6.07, 6.45) is 6.77. The number of hydrogen-bond donors (Lipinski definition) is 2. The second kappa shape index (κ2) is 11.9. The van der Waals surface area contributed by atoms with Crippen LogP contribution in [0, 0.1) is 17.6 Å². The van der Waals surface area contributed by atoms with E-state index in [1.807, 2.05) is 18.3 Å². The third kappa shape index (κ3) is 5.65.